The number of hydrogen-bond acceptors (Lipinski definition) is 4. The highest BCUT2D eigenvalue weighted by molar-refractivity contribution is 5.69. The van der Waals surface area contributed by atoms with E-state index in [1.54, 1.807) is 12.1 Å². The number of hydrogen-bond donors (Lipinski definition) is 2. The largest absolute Gasteiger partial charge is 0.508 e. The quantitative estimate of drug-likeness (QED) is 0.318. The summed E-state index contributed by atoms with van der Waals surface area (Å²) in [6.07, 6.45) is 6.62. The van der Waals surface area contributed by atoms with Gasteiger partial charge in [-0.1, -0.05) is 57.2 Å². The Morgan fingerprint density at radius 1 is 0.853 bits per heavy atom. The molecule has 34 heavy (non-hydrogen) atoms. The zero-order chi connectivity index (χ0) is 24.0. The van der Waals surface area contributed by atoms with Gasteiger partial charge < -0.3 is 10.4 Å². The molecule has 0 saturated heterocycles. The van der Waals surface area contributed by atoms with Gasteiger partial charge in [-0.05, 0) is 79.2 Å². The van der Waals surface area contributed by atoms with Crippen LogP contribution in [0.4, 0.5) is 0 Å². The third-order valence-corrected chi connectivity index (χ3v) is 6.07. The predicted molar refractivity (Wildman–Crippen MR) is 138 cm³/mol. The molecular formula is C29H34N4O. The molecule has 176 valence electrons. The van der Waals surface area contributed by atoms with Crippen LogP contribution in [0.25, 0.3) is 16.9 Å². The van der Waals surface area contributed by atoms with E-state index in [9.17, 15) is 5.11 Å². The molecule has 5 nitrogen and oxygen atoms in total. The van der Waals surface area contributed by atoms with E-state index >= 15 is 0 Å². The van der Waals surface area contributed by atoms with Crippen LogP contribution in [0.1, 0.15) is 44.0 Å². The Hall–Kier alpha value is -3.44. The smallest absolute Gasteiger partial charge is 0.115 e. The van der Waals surface area contributed by atoms with Crippen LogP contribution < -0.4 is 5.32 Å². The summed E-state index contributed by atoms with van der Waals surface area (Å²) in [5.74, 6) is 0.312. The normalized spacial score (nSPS) is 11.6. The molecule has 0 unspecified atom stereocenters. The summed E-state index contributed by atoms with van der Waals surface area (Å²) in [5, 5.41) is 17.5. The number of rotatable bonds is 9. The van der Waals surface area contributed by atoms with Gasteiger partial charge in [0.1, 0.15) is 5.75 Å². The first-order valence-electron chi connectivity index (χ1n) is 12.0. The predicted octanol–water partition coefficient (Wildman–Crippen LogP) is 5.70. The van der Waals surface area contributed by atoms with Crippen molar-refractivity contribution in [3.05, 3.63) is 95.9 Å². The summed E-state index contributed by atoms with van der Waals surface area (Å²) >= 11 is 0. The maximum atomic E-state index is 9.39. The number of nitrogens with one attached hydrogen (secondary N) is 1. The molecule has 0 spiro atoms. The zero-order valence-corrected chi connectivity index (χ0v) is 20.3. The van der Waals surface area contributed by atoms with Gasteiger partial charge >= 0.3 is 0 Å². The number of benzene rings is 2. The second kappa shape index (κ2) is 10.7. The van der Waals surface area contributed by atoms with E-state index in [1.807, 2.05) is 35.3 Å². The number of aryl methyl sites for hydroxylation is 1. The Bertz CT molecular complexity index is 1190. The highest BCUT2D eigenvalue weighted by atomic mass is 16.3. The van der Waals surface area contributed by atoms with E-state index < -0.39 is 0 Å². The molecule has 2 heterocycles. The molecule has 0 atom stereocenters. The second-order valence-electron chi connectivity index (χ2n) is 9.70. The van der Waals surface area contributed by atoms with Crippen LogP contribution >= 0.6 is 0 Å². The molecule has 5 heteroatoms. The van der Waals surface area contributed by atoms with Crippen molar-refractivity contribution in [1.29, 1.82) is 0 Å². The SMILES string of the molecule is CC(C)(C)c1ccc(-c2ncccc2-n2nccc2CCCNCCc2ccc(O)cc2)cc1. The van der Waals surface area contributed by atoms with E-state index in [1.165, 1.54) is 16.8 Å². The van der Waals surface area contributed by atoms with Gasteiger partial charge in [0.05, 0.1) is 11.4 Å². The Morgan fingerprint density at radius 2 is 1.62 bits per heavy atom. The monoisotopic (exact) mass is 454 g/mol. The van der Waals surface area contributed by atoms with E-state index in [-0.39, 0.29) is 5.41 Å². The van der Waals surface area contributed by atoms with E-state index in [0.29, 0.717) is 5.75 Å². The Morgan fingerprint density at radius 3 is 2.35 bits per heavy atom. The van der Waals surface area contributed by atoms with Crippen molar-refractivity contribution in [2.24, 2.45) is 0 Å². The first kappa shape index (κ1) is 23.7. The standard InChI is InChI=1S/C29H34N4O/c1-29(2,3)24-12-10-23(11-13-24)28-27(7-5-19-31-28)33-25(17-21-32-33)6-4-18-30-20-16-22-8-14-26(34)15-9-22/h5,7-15,17,19,21,30,34H,4,6,16,18,20H2,1-3H3. The van der Waals surface area contributed by atoms with Crippen LogP contribution in [-0.4, -0.2) is 33.0 Å². The summed E-state index contributed by atoms with van der Waals surface area (Å²) in [6, 6.07) is 22.3. The van der Waals surface area contributed by atoms with Gasteiger partial charge in [0, 0.05) is 23.7 Å². The molecule has 0 aliphatic heterocycles. The Balaban J connectivity index is 1.38. The molecule has 0 aliphatic carbocycles. The van der Waals surface area contributed by atoms with Gasteiger partial charge in [0.15, 0.2) is 0 Å². The van der Waals surface area contributed by atoms with Crippen LogP contribution in [0.3, 0.4) is 0 Å². The molecule has 2 aromatic carbocycles. The summed E-state index contributed by atoms with van der Waals surface area (Å²) in [7, 11) is 0. The minimum Gasteiger partial charge on any atom is -0.508 e. The number of aromatic hydroxyl groups is 1. The van der Waals surface area contributed by atoms with Gasteiger partial charge in [0.25, 0.3) is 0 Å². The van der Waals surface area contributed by atoms with Crippen molar-refractivity contribution in [3.8, 4) is 22.7 Å². The summed E-state index contributed by atoms with van der Waals surface area (Å²) in [4.78, 5) is 4.70. The fourth-order valence-corrected chi connectivity index (χ4v) is 4.07. The second-order valence-corrected chi connectivity index (χ2v) is 9.70. The van der Waals surface area contributed by atoms with Crippen molar-refractivity contribution >= 4 is 0 Å². The number of pyridine rings is 1. The van der Waals surface area contributed by atoms with E-state index in [4.69, 9.17) is 4.98 Å². The highest BCUT2D eigenvalue weighted by Gasteiger charge is 2.15. The lowest BCUT2D eigenvalue weighted by molar-refractivity contribution is 0.475. The lowest BCUT2D eigenvalue weighted by Gasteiger charge is -2.19. The molecule has 4 aromatic rings. The minimum absolute atomic E-state index is 0.124. The fourth-order valence-electron chi connectivity index (χ4n) is 4.07. The van der Waals surface area contributed by atoms with Crippen LogP contribution in [0.5, 0.6) is 5.75 Å². The summed E-state index contributed by atoms with van der Waals surface area (Å²) in [5.41, 5.74) is 6.89. The third-order valence-electron chi connectivity index (χ3n) is 6.07. The van der Waals surface area contributed by atoms with Crippen LogP contribution in [-0.2, 0) is 18.3 Å². The molecule has 0 fully saturated rings. The van der Waals surface area contributed by atoms with Crippen LogP contribution in [0, 0.1) is 0 Å². The zero-order valence-electron chi connectivity index (χ0n) is 20.3. The molecular weight excluding hydrogens is 420 g/mol. The lowest BCUT2D eigenvalue weighted by atomic mass is 9.86. The first-order valence-corrected chi connectivity index (χ1v) is 12.0. The van der Waals surface area contributed by atoms with E-state index in [0.717, 1.165) is 49.3 Å². The number of aromatic nitrogens is 3. The Kier molecular flexibility index (Phi) is 7.43. The van der Waals surface area contributed by atoms with Crippen LogP contribution in [0.15, 0.2) is 79.1 Å². The molecule has 4 rings (SSSR count). The number of phenols is 1. The van der Waals surface area contributed by atoms with Gasteiger partial charge in [0.2, 0.25) is 0 Å². The van der Waals surface area contributed by atoms with Crippen LogP contribution in [0.2, 0.25) is 0 Å². The average Bonchev–Trinajstić information content (AvgIpc) is 3.30. The fraction of sp³-hybridized carbons (Fsp3) is 0.310. The Labute approximate surface area is 202 Å². The minimum atomic E-state index is 0.124. The van der Waals surface area contributed by atoms with E-state index in [2.05, 4.69) is 67.6 Å². The van der Waals surface area contributed by atoms with Crippen molar-refractivity contribution in [2.75, 3.05) is 13.1 Å². The maximum Gasteiger partial charge on any atom is 0.115 e. The molecule has 0 saturated carbocycles. The van der Waals surface area contributed by atoms with Gasteiger partial charge in [-0.25, -0.2) is 4.68 Å². The number of phenolic OH excluding ortho intramolecular Hbond substituents is 1. The molecule has 2 aromatic heterocycles. The van der Waals surface area contributed by atoms with Gasteiger partial charge in [-0.3, -0.25) is 4.98 Å². The molecule has 2 N–H and O–H groups in total. The van der Waals surface area contributed by atoms with Crippen molar-refractivity contribution in [2.45, 2.75) is 45.4 Å². The maximum absolute atomic E-state index is 9.39. The van der Waals surface area contributed by atoms with Crippen molar-refractivity contribution < 1.29 is 5.11 Å². The summed E-state index contributed by atoms with van der Waals surface area (Å²) < 4.78 is 2.02. The average molecular weight is 455 g/mol. The molecule has 0 bridgehead atoms. The highest BCUT2D eigenvalue weighted by Crippen LogP contribution is 2.28. The summed E-state index contributed by atoms with van der Waals surface area (Å²) in [6.45, 7) is 8.55. The molecule has 0 radical (unpaired) electrons. The number of nitrogens with zero attached hydrogens (tertiary/aromatic N) is 3. The van der Waals surface area contributed by atoms with Gasteiger partial charge in [-0.2, -0.15) is 5.10 Å². The first-order chi connectivity index (χ1) is 16.4. The van der Waals surface area contributed by atoms with Gasteiger partial charge in [-0.15, -0.1) is 0 Å². The molecule has 0 aliphatic rings. The van der Waals surface area contributed by atoms with Crippen molar-refractivity contribution in [1.82, 2.24) is 20.1 Å². The topological polar surface area (TPSA) is 63.0 Å². The van der Waals surface area contributed by atoms with Crippen molar-refractivity contribution in [3.63, 3.8) is 0 Å². The molecule has 0 amide bonds. The third kappa shape index (κ3) is 5.91. The lowest BCUT2D eigenvalue weighted by Crippen LogP contribution is -2.19.